The van der Waals surface area contributed by atoms with Gasteiger partial charge in [0.2, 0.25) is 0 Å². The zero-order valence-electron chi connectivity index (χ0n) is 47.9. The van der Waals surface area contributed by atoms with E-state index in [-0.39, 0.29) is 72.9 Å². The van der Waals surface area contributed by atoms with Crippen molar-refractivity contribution in [1.29, 1.82) is 0 Å². The van der Waals surface area contributed by atoms with E-state index in [9.17, 15) is 33.9 Å². The van der Waals surface area contributed by atoms with Gasteiger partial charge in [0.05, 0.1) is 18.8 Å². The second-order valence-corrected chi connectivity index (χ2v) is 21.4. The third-order valence-corrected chi connectivity index (χ3v) is 15.6. The lowest BCUT2D eigenvalue weighted by molar-refractivity contribution is -0.150. The lowest BCUT2D eigenvalue weighted by Crippen LogP contribution is -2.56. The van der Waals surface area contributed by atoms with Gasteiger partial charge in [0.25, 0.3) is 11.8 Å². The summed E-state index contributed by atoms with van der Waals surface area (Å²) in [5.74, 6) is -3.23. The molecule has 466 valence electrons. The first-order valence-corrected chi connectivity index (χ1v) is 28.5. The molecule has 13 nitrogen and oxygen atoms in total. The fraction of sp³-hybridized carbons (Fsp3) is 0.221. The standard InChI is InChI=1S/C25H23NO3.C23H19NO3.C13H10O2.C12H15NO2.4CH4/c1-2-29-24(28)25(16-19-12-6-7-13-20(19)17-25)26-23(27)22-15-9-8-14-21(22)18-10-4-3-5-11-18;25-21(20-13-7-6-12-19(20)16-8-2-1-3-9-16)24-23(22(26)27)14-17-10-4-5-11-18(17)15-23;14-13(15)12-9-5-4-8-11(12)10-6-2-1-3-7-10;1-2-15-11(14)12(13)7-9-5-3-4-6-10(9)8-12;;;;/h3-15H,2,16-17H2,1H3,(H,26,27);1-13H,14-15H2,(H,24,25)(H,26,27);1-9H,(H,14,15);3-6H,2,7-8,13H2,1H3;4*1H4. The number of carboxylic acids is 2. The van der Waals surface area contributed by atoms with Crippen molar-refractivity contribution in [3.63, 3.8) is 0 Å². The highest BCUT2D eigenvalue weighted by molar-refractivity contribution is 6.05. The molecule has 13 heteroatoms. The molecule has 0 saturated carbocycles. The first kappa shape index (κ1) is 70.5. The molecule has 90 heavy (non-hydrogen) atoms. The predicted molar refractivity (Wildman–Crippen MR) is 359 cm³/mol. The number of hydrogen-bond donors (Lipinski definition) is 5. The smallest absolute Gasteiger partial charge is 0.336 e. The van der Waals surface area contributed by atoms with Gasteiger partial charge >= 0.3 is 23.9 Å². The van der Waals surface area contributed by atoms with Crippen molar-refractivity contribution in [2.75, 3.05) is 13.2 Å². The van der Waals surface area contributed by atoms with Crippen LogP contribution in [-0.4, -0.2) is 75.7 Å². The highest BCUT2D eigenvalue weighted by atomic mass is 16.5. The summed E-state index contributed by atoms with van der Waals surface area (Å²) in [5.41, 5.74) is 15.7. The molecule has 0 atom stereocenters. The minimum absolute atomic E-state index is 0. The number of rotatable bonds is 13. The van der Waals surface area contributed by atoms with Crippen molar-refractivity contribution in [3.8, 4) is 33.4 Å². The average Bonchev–Trinajstić information content (AvgIpc) is 1.63. The number of aromatic carboxylic acids is 1. The largest absolute Gasteiger partial charge is 0.479 e. The quantitative estimate of drug-likeness (QED) is 0.0685. The van der Waals surface area contributed by atoms with Crippen molar-refractivity contribution in [3.05, 3.63) is 287 Å². The number of nitrogens with two attached hydrogens (primary N) is 1. The highest BCUT2D eigenvalue weighted by Crippen LogP contribution is 2.35. The van der Waals surface area contributed by atoms with Gasteiger partial charge in [0, 0.05) is 49.7 Å². The zero-order valence-corrected chi connectivity index (χ0v) is 47.9. The van der Waals surface area contributed by atoms with Crippen LogP contribution in [0.3, 0.4) is 0 Å². The van der Waals surface area contributed by atoms with Crippen molar-refractivity contribution in [2.45, 2.75) is 98.7 Å². The fourth-order valence-corrected chi connectivity index (χ4v) is 11.3. The minimum Gasteiger partial charge on any atom is -0.479 e. The van der Waals surface area contributed by atoms with E-state index >= 15 is 0 Å². The van der Waals surface area contributed by atoms with Crippen molar-refractivity contribution in [2.24, 2.45) is 5.73 Å². The van der Waals surface area contributed by atoms with Gasteiger partial charge in [-0.1, -0.05) is 248 Å². The first-order valence-electron chi connectivity index (χ1n) is 28.5. The van der Waals surface area contributed by atoms with Gasteiger partial charge in [-0.05, 0) is 98.8 Å². The molecule has 3 aliphatic rings. The number of carboxylic acid groups (broad SMARTS) is 2. The maximum absolute atomic E-state index is 13.3. The SMILES string of the molecule is C.C.C.C.CCOC(=O)C1(N)Cc2ccccc2C1.CCOC(=O)C1(NC(=O)c2ccccc2-c2ccccc2)Cc2ccccc2C1.O=C(NC1(C(=O)O)Cc2ccccc2C1)c1ccccc1-c1ccccc1.O=C(O)c1ccccc1-c1ccccc1. The number of nitrogens with one attached hydrogen (secondary N) is 2. The molecule has 9 aromatic carbocycles. The van der Waals surface area contributed by atoms with Crippen LogP contribution in [0.15, 0.2) is 237 Å². The van der Waals surface area contributed by atoms with Gasteiger partial charge in [0.15, 0.2) is 0 Å². The monoisotopic (exact) mass is 1210 g/mol. The number of fused-ring (bicyclic) bond motifs is 3. The summed E-state index contributed by atoms with van der Waals surface area (Å²) in [7, 11) is 0. The molecular weight excluding hydrogens is 1130 g/mol. The normalized spacial score (nSPS) is 13.4. The number of ether oxygens (including phenoxy) is 2. The number of hydrogen-bond acceptors (Lipinski definition) is 9. The Morgan fingerprint density at radius 3 is 0.967 bits per heavy atom. The molecule has 0 bridgehead atoms. The summed E-state index contributed by atoms with van der Waals surface area (Å²) in [6, 6.07) is 74.1. The molecule has 0 aromatic heterocycles. The summed E-state index contributed by atoms with van der Waals surface area (Å²) >= 11 is 0. The molecule has 0 aliphatic heterocycles. The van der Waals surface area contributed by atoms with Crippen LogP contribution in [0.5, 0.6) is 0 Å². The maximum atomic E-state index is 13.3. The Hall–Kier alpha value is -10.2. The third kappa shape index (κ3) is 16.3. The number of carbonyl (C=O) groups excluding carboxylic acids is 4. The predicted octanol–water partition coefficient (Wildman–Crippen LogP) is 14.5. The molecule has 0 spiro atoms. The lowest BCUT2D eigenvalue weighted by Gasteiger charge is -2.28. The van der Waals surface area contributed by atoms with Crippen LogP contribution in [0, 0.1) is 0 Å². The Morgan fingerprint density at radius 1 is 0.367 bits per heavy atom. The number of carbonyl (C=O) groups is 6. The van der Waals surface area contributed by atoms with Crippen molar-refractivity contribution in [1.82, 2.24) is 10.6 Å². The van der Waals surface area contributed by atoms with E-state index in [1.807, 2.05) is 206 Å². The molecule has 0 fully saturated rings. The molecule has 2 amide bonds. The molecule has 6 N–H and O–H groups in total. The molecular formula is C77H83N3O10. The second-order valence-electron chi connectivity index (χ2n) is 21.4. The number of amides is 2. The van der Waals surface area contributed by atoms with Crippen LogP contribution in [-0.2, 0) is 62.4 Å². The van der Waals surface area contributed by atoms with Gasteiger partial charge in [-0.15, -0.1) is 0 Å². The van der Waals surface area contributed by atoms with Crippen molar-refractivity contribution >= 4 is 35.7 Å². The zero-order chi connectivity index (χ0) is 60.7. The maximum Gasteiger partial charge on any atom is 0.336 e. The van der Waals surface area contributed by atoms with Gasteiger partial charge in [-0.25, -0.2) is 14.4 Å². The van der Waals surface area contributed by atoms with Gasteiger partial charge < -0.3 is 36.1 Å². The van der Waals surface area contributed by atoms with Crippen LogP contribution in [0.25, 0.3) is 33.4 Å². The Bertz CT molecular complexity index is 3810. The summed E-state index contributed by atoms with van der Waals surface area (Å²) in [6.07, 6.45) is 2.61. The average molecular weight is 1210 g/mol. The molecule has 9 aromatic rings. The Labute approximate surface area is 530 Å². The van der Waals surface area contributed by atoms with Gasteiger partial charge in [-0.2, -0.15) is 0 Å². The van der Waals surface area contributed by atoms with Gasteiger partial charge in [-0.3, -0.25) is 14.4 Å². The van der Waals surface area contributed by atoms with Crippen LogP contribution in [0.1, 0.15) is 108 Å². The van der Waals surface area contributed by atoms with E-state index in [4.69, 9.17) is 20.3 Å². The Kier molecular flexibility index (Phi) is 25.2. The van der Waals surface area contributed by atoms with E-state index in [2.05, 4.69) is 10.6 Å². The van der Waals surface area contributed by atoms with E-state index in [1.165, 1.54) is 0 Å². The van der Waals surface area contributed by atoms with Crippen LogP contribution in [0.2, 0.25) is 0 Å². The Balaban J connectivity index is 0.000000224. The number of benzene rings is 9. The molecule has 0 radical (unpaired) electrons. The Morgan fingerprint density at radius 2 is 0.633 bits per heavy atom. The number of aliphatic carboxylic acids is 1. The second kappa shape index (κ2) is 32.1. The topological polar surface area (TPSA) is 211 Å². The van der Waals surface area contributed by atoms with E-state index in [1.54, 1.807) is 44.2 Å². The lowest BCUT2D eigenvalue weighted by atomic mass is 9.93. The summed E-state index contributed by atoms with van der Waals surface area (Å²) in [6.45, 7) is 4.23. The number of esters is 2. The summed E-state index contributed by atoms with van der Waals surface area (Å²) < 4.78 is 10.4. The fourth-order valence-electron chi connectivity index (χ4n) is 11.3. The molecule has 3 aliphatic carbocycles. The van der Waals surface area contributed by atoms with Crippen LogP contribution < -0.4 is 16.4 Å². The summed E-state index contributed by atoms with van der Waals surface area (Å²) in [4.78, 5) is 74.1. The van der Waals surface area contributed by atoms with E-state index in [0.29, 0.717) is 49.0 Å². The highest BCUT2D eigenvalue weighted by Gasteiger charge is 2.48. The minimum atomic E-state index is -1.31. The molecule has 0 saturated heterocycles. The van der Waals surface area contributed by atoms with Crippen LogP contribution >= 0.6 is 0 Å². The molecule has 0 unspecified atom stereocenters. The van der Waals surface area contributed by atoms with E-state index in [0.717, 1.165) is 66.8 Å². The third-order valence-electron chi connectivity index (χ3n) is 15.6. The summed E-state index contributed by atoms with van der Waals surface area (Å²) in [5, 5.41) is 24.8. The molecule has 0 heterocycles. The van der Waals surface area contributed by atoms with Gasteiger partial charge in [0.1, 0.15) is 16.6 Å². The van der Waals surface area contributed by atoms with E-state index < -0.39 is 28.6 Å². The molecule has 12 rings (SSSR count). The first-order chi connectivity index (χ1) is 41.7. The van der Waals surface area contributed by atoms with Crippen molar-refractivity contribution < 1.29 is 48.5 Å². The van der Waals surface area contributed by atoms with Crippen LogP contribution in [0.4, 0.5) is 0 Å².